The molecule has 1 atom stereocenters. The van der Waals surface area contributed by atoms with E-state index in [9.17, 15) is 4.79 Å². The second-order valence-electron chi connectivity index (χ2n) is 5.84. The summed E-state index contributed by atoms with van der Waals surface area (Å²) in [6, 6.07) is 0.600. The second-order valence-corrected chi connectivity index (χ2v) is 5.84. The Morgan fingerprint density at radius 2 is 2.06 bits per heavy atom. The van der Waals surface area contributed by atoms with Crippen molar-refractivity contribution >= 4 is 5.91 Å². The number of hydrogen-bond acceptors (Lipinski definition) is 3. The SMILES string of the molecule is CCN(C)C(=O)CN(CC1CC1)CC1CCCN1. The van der Waals surface area contributed by atoms with E-state index in [-0.39, 0.29) is 5.91 Å². The van der Waals surface area contributed by atoms with Crippen molar-refractivity contribution in [1.29, 1.82) is 0 Å². The fourth-order valence-corrected chi connectivity index (χ4v) is 2.58. The van der Waals surface area contributed by atoms with Crippen LogP contribution in [0.4, 0.5) is 0 Å². The van der Waals surface area contributed by atoms with Gasteiger partial charge in [0, 0.05) is 32.7 Å². The van der Waals surface area contributed by atoms with Crippen molar-refractivity contribution < 1.29 is 4.79 Å². The minimum atomic E-state index is 0.260. The summed E-state index contributed by atoms with van der Waals surface area (Å²) in [5, 5.41) is 3.53. The molecule has 4 nitrogen and oxygen atoms in total. The van der Waals surface area contributed by atoms with Crippen molar-refractivity contribution in [3.05, 3.63) is 0 Å². The first-order valence-corrected chi connectivity index (χ1v) is 7.38. The molecular formula is C14H27N3O. The van der Waals surface area contributed by atoms with E-state index in [1.807, 2.05) is 18.9 Å². The maximum atomic E-state index is 12.0. The molecule has 0 aromatic heterocycles. The molecule has 1 unspecified atom stereocenters. The zero-order valence-corrected chi connectivity index (χ0v) is 11.8. The van der Waals surface area contributed by atoms with Gasteiger partial charge in [-0.15, -0.1) is 0 Å². The first-order chi connectivity index (χ1) is 8.69. The molecule has 0 radical (unpaired) electrons. The summed E-state index contributed by atoms with van der Waals surface area (Å²) in [5.41, 5.74) is 0. The van der Waals surface area contributed by atoms with Crippen LogP contribution in [0.15, 0.2) is 0 Å². The van der Waals surface area contributed by atoms with Crippen LogP contribution in [0.25, 0.3) is 0 Å². The van der Waals surface area contributed by atoms with Gasteiger partial charge in [-0.3, -0.25) is 9.69 Å². The smallest absolute Gasteiger partial charge is 0.236 e. The van der Waals surface area contributed by atoms with E-state index < -0.39 is 0 Å². The fraction of sp³-hybridized carbons (Fsp3) is 0.929. The molecule has 1 heterocycles. The predicted octanol–water partition coefficient (Wildman–Crippen LogP) is 0.929. The third-order valence-electron chi connectivity index (χ3n) is 4.11. The third kappa shape index (κ3) is 4.25. The van der Waals surface area contributed by atoms with Crippen molar-refractivity contribution in [2.45, 2.75) is 38.6 Å². The van der Waals surface area contributed by atoms with Gasteiger partial charge in [-0.2, -0.15) is 0 Å². The molecule has 0 aromatic rings. The minimum Gasteiger partial charge on any atom is -0.345 e. The summed E-state index contributed by atoms with van der Waals surface area (Å²) in [6.07, 6.45) is 5.25. The lowest BCUT2D eigenvalue weighted by Crippen LogP contribution is -2.44. The molecule has 0 bridgehead atoms. The second kappa shape index (κ2) is 6.53. The van der Waals surface area contributed by atoms with Gasteiger partial charge in [-0.1, -0.05) is 0 Å². The Labute approximate surface area is 111 Å². The highest BCUT2D eigenvalue weighted by Gasteiger charge is 2.27. The zero-order valence-electron chi connectivity index (χ0n) is 11.8. The summed E-state index contributed by atoms with van der Waals surface area (Å²) in [6.45, 7) is 6.73. The maximum absolute atomic E-state index is 12.0. The molecule has 0 spiro atoms. The zero-order chi connectivity index (χ0) is 13.0. The van der Waals surface area contributed by atoms with Crippen LogP contribution in [0.5, 0.6) is 0 Å². The van der Waals surface area contributed by atoms with Gasteiger partial charge >= 0.3 is 0 Å². The van der Waals surface area contributed by atoms with Crippen LogP contribution < -0.4 is 5.32 Å². The average molecular weight is 253 g/mol. The van der Waals surface area contributed by atoms with Crippen molar-refractivity contribution in [2.24, 2.45) is 5.92 Å². The number of rotatable bonds is 7. The summed E-state index contributed by atoms with van der Waals surface area (Å²) in [7, 11) is 1.89. The minimum absolute atomic E-state index is 0.260. The number of carbonyl (C=O) groups is 1. The molecule has 1 saturated heterocycles. The Hall–Kier alpha value is -0.610. The third-order valence-corrected chi connectivity index (χ3v) is 4.11. The number of carbonyl (C=O) groups excluding carboxylic acids is 1. The molecule has 18 heavy (non-hydrogen) atoms. The summed E-state index contributed by atoms with van der Waals surface area (Å²) >= 11 is 0. The monoisotopic (exact) mass is 253 g/mol. The van der Waals surface area contributed by atoms with E-state index in [0.717, 1.165) is 32.1 Å². The molecule has 2 rings (SSSR count). The molecule has 2 fully saturated rings. The van der Waals surface area contributed by atoms with Crippen LogP contribution in [0.3, 0.4) is 0 Å². The van der Waals surface area contributed by atoms with Gasteiger partial charge in [-0.25, -0.2) is 0 Å². The molecule has 2 aliphatic rings. The van der Waals surface area contributed by atoms with Crippen LogP contribution in [-0.4, -0.2) is 61.5 Å². The van der Waals surface area contributed by atoms with Gasteiger partial charge in [0.25, 0.3) is 0 Å². The lowest BCUT2D eigenvalue weighted by molar-refractivity contribution is -0.131. The molecule has 1 aliphatic heterocycles. The first kappa shape index (κ1) is 13.8. The highest BCUT2D eigenvalue weighted by molar-refractivity contribution is 5.77. The van der Waals surface area contributed by atoms with Gasteiger partial charge < -0.3 is 10.2 Å². The number of nitrogens with one attached hydrogen (secondary N) is 1. The normalized spacial score (nSPS) is 23.6. The van der Waals surface area contributed by atoms with Crippen LogP contribution >= 0.6 is 0 Å². The van der Waals surface area contributed by atoms with Gasteiger partial charge in [0.2, 0.25) is 5.91 Å². The molecule has 4 heteroatoms. The highest BCUT2D eigenvalue weighted by atomic mass is 16.2. The van der Waals surface area contributed by atoms with Crippen LogP contribution in [0.1, 0.15) is 32.6 Å². The van der Waals surface area contributed by atoms with Crippen molar-refractivity contribution in [3.8, 4) is 0 Å². The summed E-state index contributed by atoms with van der Waals surface area (Å²) < 4.78 is 0. The lowest BCUT2D eigenvalue weighted by Gasteiger charge is -2.27. The van der Waals surface area contributed by atoms with E-state index in [4.69, 9.17) is 0 Å². The van der Waals surface area contributed by atoms with Crippen LogP contribution in [0.2, 0.25) is 0 Å². The van der Waals surface area contributed by atoms with Gasteiger partial charge in [0.1, 0.15) is 0 Å². The summed E-state index contributed by atoms with van der Waals surface area (Å²) in [4.78, 5) is 16.2. The van der Waals surface area contributed by atoms with Gasteiger partial charge in [-0.05, 0) is 45.1 Å². The Morgan fingerprint density at radius 1 is 1.28 bits per heavy atom. The standard InChI is InChI=1S/C14H27N3O/c1-3-16(2)14(18)11-17(9-12-6-7-12)10-13-5-4-8-15-13/h12-13,15H,3-11H2,1-2H3. The Morgan fingerprint density at radius 3 is 2.61 bits per heavy atom. The van der Waals surface area contributed by atoms with E-state index >= 15 is 0 Å². The Bertz CT molecular complexity index is 272. The molecule has 1 N–H and O–H groups in total. The van der Waals surface area contributed by atoms with E-state index in [0.29, 0.717) is 12.6 Å². The molecular weight excluding hydrogens is 226 g/mol. The molecule has 1 saturated carbocycles. The van der Waals surface area contributed by atoms with Crippen molar-refractivity contribution in [2.75, 3.05) is 39.8 Å². The van der Waals surface area contributed by atoms with Crippen LogP contribution in [-0.2, 0) is 4.79 Å². The summed E-state index contributed by atoms with van der Waals surface area (Å²) in [5.74, 6) is 1.11. The number of amides is 1. The molecule has 1 aliphatic carbocycles. The quantitative estimate of drug-likeness (QED) is 0.733. The molecule has 104 valence electrons. The van der Waals surface area contributed by atoms with Gasteiger partial charge in [0.15, 0.2) is 0 Å². The van der Waals surface area contributed by atoms with E-state index in [2.05, 4.69) is 10.2 Å². The molecule has 1 amide bonds. The van der Waals surface area contributed by atoms with E-state index in [1.54, 1.807) is 0 Å². The number of nitrogens with zero attached hydrogens (tertiary/aromatic N) is 2. The molecule has 0 aromatic carbocycles. The first-order valence-electron chi connectivity index (χ1n) is 7.38. The Kier molecular flexibility index (Phi) is 5.01. The van der Waals surface area contributed by atoms with E-state index in [1.165, 1.54) is 25.7 Å². The topological polar surface area (TPSA) is 35.6 Å². The van der Waals surface area contributed by atoms with Crippen molar-refractivity contribution in [3.63, 3.8) is 0 Å². The fourth-order valence-electron chi connectivity index (χ4n) is 2.58. The predicted molar refractivity (Wildman–Crippen MR) is 73.5 cm³/mol. The average Bonchev–Trinajstić information content (AvgIpc) is 3.02. The Balaban J connectivity index is 1.80. The number of hydrogen-bond donors (Lipinski definition) is 1. The largest absolute Gasteiger partial charge is 0.345 e. The van der Waals surface area contributed by atoms with Gasteiger partial charge in [0.05, 0.1) is 6.54 Å². The number of likely N-dealkylation sites (N-methyl/N-ethyl adjacent to an activating group) is 1. The lowest BCUT2D eigenvalue weighted by atomic mass is 10.2. The highest BCUT2D eigenvalue weighted by Crippen LogP contribution is 2.29. The van der Waals surface area contributed by atoms with Crippen LogP contribution in [0, 0.1) is 5.92 Å². The maximum Gasteiger partial charge on any atom is 0.236 e. The van der Waals surface area contributed by atoms with Crippen molar-refractivity contribution in [1.82, 2.24) is 15.1 Å².